The van der Waals surface area contributed by atoms with Gasteiger partial charge in [-0.15, -0.1) is 0 Å². The SMILES string of the molecule is CC/C=C/N(CCCCC)CCCCC. The minimum Gasteiger partial charge on any atom is -0.378 e. The first-order valence-corrected chi connectivity index (χ1v) is 6.75. The summed E-state index contributed by atoms with van der Waals surface area (Å²) in [6.07, 6.45) is 13.8. The third-order valence-electron chi connectivity index (χ3n) is 2.65. The van der Waals surface area contributed by atoms with Crippen LogP contribution < -0.4 is 0 Å². The summed E-state index contributed by atoms with van der Waals surface area (Å²) < 4.78 is 0. The molecule has 1 nitrogen and oxygen atoms in total. The molecule has 0 fully saturated rings. The van der Waals surface area contributed by atoms with Gasteiger partial charge in [-0.2, -0.15) is 0 Å². The molecule has 0 aromatic rings. The van der Waals surface area contributed by atoms with E-state index < -0.39 is 0 Å². The Labute approximate surface area is 96.6 Å². The van der Waals surface area contributed by atoms with Gasteiger partial charge in [0.1, 0.15) is 0 Å². The molecule has 0 unspecified atom stereocenters. The molecular formula is C14H29N. The van der Waals surface area contributed by atoms with E-state index in [1.54, 1.807) is 0 Å². The maximum absolute atomic E-state index is 2.49. The topological polar surface area (TPSA) is 3.24 Å². The van der Waals surface area contributed by atoms with Crippen LogP contribution in [0.25, 0.3) is 0 Å². The Morgan fingerprint density at radius 2 is 1.33 bits per heavy atom. The number of hydrogen-bond acceptors (Lipinski definition) is 1. The molecule has 1 heteroatoms. The maximum atomic E-state index is 2.49. The van der Waals surface area contributed by atoms with E-state index in [-0.39, 0.29) is 0 Å². The van der Waals surface area contributed by atoms with Crippen LogP contribution in [0.15, 0.2) is 12.3 Å². The van der Waals surface area contributed by atoms with Crippen LogP contribution in [0.4, 0.5) is 0 Å². The fourth-order valence-corrected chi connectivity index (χ4v) is 1.65. The van der Waals surface area contributed by atoms with Crippen LogP contribution in [-0.2, 0) is 0 Å². The van der Waals surface area contributed by atoms with Gasteiger partial charge in [0.15, 0.2) is 0 Å². The lowest BCUT2D eigenvalue weighted by molar-refractivity contribution is 0.353. The normalized spacial score (nSPS) is 11.1. The molecule has 0 bridgehead atoms. The van der Waals surface area contributed by atoms with E-state index in [2.05, 4.69) is 37.9 Å². The lowest BCUT2D eigenvalue weighted by Crippen LogP contribution is -2.19. The van der Waals surface area contributed by atoms with E-state index in [1.165, 1.54) is 51.6 Å². The molecule has 0 saturated heterocycles. The first-order chi connectivity index (χ1) is 7.35. The van der Waals surface area contributed by atoms with Crippen LogP contribution in [0, 0.1) is 0 Å². The van der Waals surface area contributed by atoms with E-state index in [0.29, 0.717) is 0 Å². The van der Waals surface area contributed by atoms with Crippen molar-refractivity contribution in [3.05, 3.63) is 12.3 Å². The van der Waals surface area contributed by atoms with Crippen molar-refractivity contribution in [2.24, 2.45) is 0 Å². The van der Waals surface area contributed by atoms with Crippen molar-refractivity contribution in [3.63, 3.8) is 0 Å². The maximum Gasteiger partial charge on any atom is 0.0172 e. The van der Waals surface area contributed by atoms with E-state index >= 15 is 0 Å². The molecule has 0 aromatic carbocycles. The van der Waals surface area contributed by atoms with Crippen molar-refractivity contribution in [1.29, 1.82) is 0 Å². The summed E-state index contributed by atoms with van der Waals surface area (Å²) in [5.74, 6) is 0. The Hall–Kier alpha value is -0.460. The zero-order chi connectivity index (χ0) is 11.4. The average molecular weight is 211 g/mol. The molecule has 0 heterocycles. The second-order valence-electron chi connectivity index (χ2n) is 4.24. The monoisotopic (exact) mass is 211 g/mol. The highest BCUT2D eigenvalue weighted by molar-refractivity contribution is 4.81. The second-order valence-corrected chi connectivity index (χ2v) is 4.24. The van der Waals surface area contributed by atoms with Gasteiger partial charge in [-0.05, 0) is 25.5 Å². The van der Waals surface area contributed by atoms with Crippen LogP contribution in [0.5, 0.6) is 0 Å². The summed E-state index contributed by atoms with van der Waals surface area (Å²) in [6, 6.07) is 0. The molecule has 0 N–H and O–H groups in total. The van der Waals surface area contributed by atoms with Crippen molar-refractivity contribution in [1.82, 2.24) is 4.90 Å². The first kappa shape index (κ1) is 14.5. The molecule has 15 heavy (non-hydrogen) atoms. The minimum absolute atomic E-state index is 1.15. The second kappa shape index (κ2) is 11.6. The van der Waals surface area contributed by atoms with E-state index in [0.717, 1.165) is 6.42 Å². The highest BCUT2D eigenvalue weighted by atomic mass is 15.1. The molecule has 0 aliphatic carbocycles. The molecule has 0 rings (SSSR count). The van der Waals surface area contributed by atoms with Gasteiger partial charge >= 0.3 is 0 Å². The molecular weight excluding hydrogens is 182 g/mol. The van der Waals surface area contributed by atoms with Crippen LogP contribution in [-0.4, -0.2) is 18.0 Å². The smallest absolute Gasteiger partial charge is 0.0172 e. The van der Waals surface area contributed by atoms with Crippen molar-refractivity contribution in [2.45, 2.75) is 65.7 Å². The predicted octanol–water partition coefficient (Wildman–Crippen LogP) is 4.59. The zero-order valence-corrected chi connectivity index (χ0v) is 11.0. The lowest BCUT2D eigenvalue weighted by atomic mass is 10.2. The Balaban J connectivity index is 3.68. The van der Waals surface area contributed by atoms with Gasteiger partial charge in [-0.3, -0.25) is 0 Å². The van der Waals surface area contributed by atoms with Crippen molar-refractivity contribution in [3.8, 4) is 0 Å². The molecule has 0 radical (unpaired) electrons. The summed E-state index contributed by atoms with van der Waals surface area (Å²) in [6.45, 7) is 9.22. The number of unbranched alkanes of at least 4 members (excludes halogenated alkanes) is 4. The summed E-state index contributed by atoms with van der Waals surface area (Å²) in [5, 5.41) is 0. The largest absolute Gasteiger partial charge is 0.378 e. The fourth-order valence-electron chi connectivity index (χ4n) is 1.65. The average Bonchev–Trinajstić information content (AvgIpc) is 2.25. The van der Waals surface area contributed by atoms with Gasteiger partial charge in [0.2, 0.25) is 0 Å². The van der Waals surface area contributed by atoms with Crippen LogP contribution in [0.2, 0.25) is 0 Å². The summed E-state index contributed by atoms with van der Waals surface area (Å²) in [5.41, 5.74) is 0. The highest BCUT2D eigenvalue weighted by Gasteiger charge is 1.97. The van der Waals surface area contributed by atoms with Gasteiger partial charge in [-0.1, -0.05) is 52.5 Å². The molecule has 0 spiro atoms. The van der Waals surface area contributed by atoms with E-state index in [4.69, 9.17) is 0 Å². The van der Waals surface area contributed by atoms with Gasteiger partial charge in [0.05, 0.1) is 0 Å². The molecule has 0 atom stereocenters. The number of hydrogen-bond donors (Lipinski definition) is 0. The van der Waals surface area contributed by atoms with Crippen LogP contribution >= 0.6 is 0 Å². The summed E-state index contributed by atoms with van der Waals surface area (Å²) in [4.78, 5) is 2.49. The first-order valence-electron chi connectivity index (χ1n) is 6.75. The fraction of sp³-hybridized carbons (Fsp3) is 0.857. The number of nitrogens with zero attached hydrogens (tertiary/aromatic N) is 1. The molecule has 0 amide bonds. The van der Waals surface area contributed by atoms with Crippen molar-refractivity contribution >= 4 is 0 Å². The minimum atomic E-state index is 1.15. The Kier molecular flexibility index (Phi) is 11.3. The Morgan fingerprint density at radius 1 is 0.800 bits per heavy atom. The standard InChI is InChI=1S/C14H29N/c1-4-7-10-13-15(12-9-6-3)14-11-8-5-2/h9,12H,4-8,10-11,13-14H2,1-3H3/b12-9+. The summed E-state index contributed by atoms with van der Waals surface area (Å²) in [7, 11) is 0. The quantitative estimate of drug-likeness (QED) is 0.478. The zero-order valence-electron chi connectivity index (χ0n) is 11.0. The Bertz CT molecular complexity index is 130. The third-order valence-corrected chi connectivity index (χ3v) is 2.65. The molecule has 0 aliphatic heterocycles. The van der Waals surface area contributed by atoms with Crippen LogP contribution in [0.3, 0.4) is 0 Å². The summed E-state index contributed by atoms with van der Waals surface area (Å²) >= 11 is 0. The Morgan fingerprint density at radius 3 is 1.73 bits per heavy atom. The van der Waals surface area contributed by atoms with Gasteiger partial charge in [-0.25, -0.2) is 0 Å². The van der Waals surface area contributed by atoms with E-state index in [9.17, 15) is 0 Å². The van der Waals surface area contributed by atoms with Crippen LogP contribution in [0.1, 0.15) is 65.7 Å². The van der Waals surface area contributed by atoms with Gasteiger partial charge < -0.3 is 4.90 Å². The van der Waals surface area contributed by atoms with Crippen molar-refractivity contribution < 1.29 is 0 Å². The third kappa shape index (κ3) is 9.84. The molecule has 0 aromatic heterocycles. The molecule has 90 valence electrons. The number of rotatable bonds is 10. The molecule has 0 aliphatic rings. The highest BCUT2D eigenvalue weighted by Crippen LogP contribution is 2.03. The van der Waals surface area contributed by atoms with Gasteiger partial charge in [0.25, 0.3) is 0 Å². The van der Waals surface area contributed by atoms with E-state index in [1.807, 2.05) is 0 Å². The predicted molar refractivity (Wildman–Crippen MR) is 70.1 cm³/mol. The number of allylic oxidation sites excluding steroid dienone is 1. The lowest BCUT2D eigenvalue weighted by Gasteiger charge is -2.20. The van der Waals surface area contributed by atoms with Crippen molar-refractivity contribution in [2.75, 3.05) is 13.1 Å². The molecule has 0 saturated carbocycles. The van der Waals surface area contributed by atoms with Gasteiger partial charge in [0, 0.05) is 13.1 Å².